The van der Waals surface area contributed by atoms with Crippen molar-refractivity contribution in [1.82, 2.24) is 10.2 Å². The van der Waals surface area contributed by atoms with Gasteiger partial charge in [0.05, 0.1) is 5.92 Å². The van der Waals surface area contributed by atoms with Crippen LogP contribution in [-0.4, -0.2) is 16.4 Å². The van der Waals surface area contributed by atoms with Gasteiger partial charge in [-0.25, -0.2) is 0 Å². The van der Waals surface area contributed by atoms with Gasteiger partial charge in [-0.2, -0.15) is 13.2 Å². The Morgan fingerprint density at radius 2 is 2.06 bits per heavy atom. The van der Waals surface area contributed by atoms with Crippen LogP contribution in [0, 0.1) is 5.92 Å². The molecular formula is C10H14F3N3S. The zero-order valence-electron chi connectivity index (χ0n) is 9.20. The summed E-state index contributed by atoms with van der Waals surface area (Å²) in [6.07, 6.45) is -2.33. The fourth-order valence-corrected chi connectivity index (χ4v) is 3.09. The molecule has 0 radical (unpaired) electrons. The van der Waals surface area contributed by atoms with Gasteiger partial charge in [0.25, 0.3) is 0 Å². The van der Waals surface area contributed by atoms with E-state index in [-0.39, 0.29) is 18.8 Å². The molecule has 7 heteroatoms. The fourth-order valence-electron chi connectivity index (χ4n) is 2.23. The summed E-state index contributed by atoms with van der Waals surface area (Å²) in [7, 11) is 0. The van der Waals surface area contributed by atoms with Gasteiger partial charge in [-0.05, 0) is 19.3 Å². The summed E-state index contributed by atoms with van der Waals surface area (Å²) in [6, 6.07) is 0. The molecule has 0 aliphatic heterocycles. The second-order valence-electron chi connectivity index (χ2n) is 4.34. The molecule has 2 N–H and O–H groups in total. The van der Waals surface area contributed by atoms with E-state index >= 15 is 0 Å². The lowest BCUT2D eigenvalue weighted by Crippen LogP contribution is -2.28. The number of rotatable bonds is 2. The van der Waals surface area contributed by atoms with Crippen molar-refractivity contribution in [2.24, 2.45) is 11.7 Å². The van der Waals surface area contributed by atoms with Crippen LogP contribution in [0.2, 0.25) is 0 Å². The number of nitrogens with zero attached hydrogens (tertiary/aromatic N) is 2. The highest BCUT2D eigenvalue weighted by Crippen LogP contribution is 2.44. The summed E-state index contributed by atoms with van der Waals surface area (Å²) in [5.41, 5.74) is 5.42. The average molecular weight is 265 g/mol. The highest BCUT2D eigenvalue weighted by Gasteiger charge is 2.42. The first-order valence-electron chi connectivity index (χ1n) is 5.59. The minimum atomic E-state index is -4.08. The van der Waals surface area contributed by atoms with Crippen LogP contribution in [0.1, 0.15) is 41.6 Å². The van der Waals surface area contributed by atoms with Crippen LogP contribution in [-0.2, 0) is 6.54 Å². The van der Waals surface area contributed by atoms with Crippen molar-refractivity contribution in [3.8, 4) is 0 Å². The summed E-state index contributed by atoms with van der Waals surface area (Å²) in [5, 5.41) is 9.20. The third kappa shape index (κ3) is 2.95. The molecule has 1 aliphatic rings. The van der Waals surface area contributed by atoms with Crippen molar-refractivity contribution in [2.75, 3.05) is 0 Å². The molecule has 0 spiro atoms. The summed E-state index contributed by atoms with van der Waals surface area (Å²) in [5.74, 6) is -1.29. The van der Waals surface area contributed by atoms with E-state index < -0.39 is 12.1 Å². The Bertz CT molecular complexity index is 377. The molecule has 0 bridgehead atoms. The van der Waals surface area contributed by atoms with Gasteiger partial charge in [-0.1, -0.05) is 17.8 Å². The number of aromatic nitrogens is 2. The molecule has 1 aromatic rings. The summed E-state index contributed by atoms with van der Waals surface area (Å²) in [4.78, 5) is 0. The van der Waals surface area contributed by atoms with E-state index in [9.17, 15) is 13.2 Å². The Morgan fingerprint density at radius 1 is 1.29 bits per heavy atom. The molecule has 0 saturated heterocycles. The minimum Gasteiger partial charge on any atom is -0.324 e. The van der Waals surface area contributed by atoms with Gasteiger partial charge < -0.3 is 5.73 Å². The van der Waals surface area contributed by atoms with Crippen LogP contribution >= 0.6 is 11.3 Å². The number of nitrogens with two attached hydrogens (primary N) is 1. The highest BCUT2D eigenvalue weighted by atomic mass is 32.1. The zero-order valence-corrected chi connectivity index (χ0v) is 10.0. The largest absolute Gasteiger partial charge is 0.391 e. The van der Waals surface area contributed by atoms with Gasteiger partial charge in [-0.3, -0.25) is 0 Å². The predicted octanol–water partition coefficient (Wildman–Crippen LogP) is 2.83. The summed E-state index contributed by atoms with van der Waals surface area (Å²) in [6.45, 7) is 0.299. The molecule has 1 saturated carbocycles. The van der Waals surface area contributed by atoms with Gasteiger partial charge >= 0.3 is 6.18 Å². The molecule has 1 aromatic heterocycles. The van der Waals surface area contributed by atoms with Crippen molar-refractivity contribution < 1.29 is 13.2 Å². The van der Waals surface area contributed by atoms with Crippen LogP contribution < -0.4 is 5.73 Å². The fraction of sp³-hybridized carbons (Fsp3) is 0.800. The van der Waals surface area contributed by atoms with E-state index in [0.29, 0.717) is 23.0 Å². The number of hydrogen-bond acceptors (Lipinski definition) is 4. The van der Waals surface area contributed by atoms with Crippen LogP contribution in [0.15, 0.2) is 0 Å². The lowest BCUT2D eigenvalue weighted by molar-refractivity contribution is -0.183. The maximum Gasteiger partial charge on any atom is 0.391 e. The van der Waals surface area contributed by atoms with E-state index in [2.05, 4.69) is 10.2 Å². The first-order chi connectivity index (χ1) is 8.00. The monoisotopic (exact) mass is 265 g/mol. The molecule has 3 nitrogen and oxygen atoms in total. The zero-order chi connectivity index (χ0) is 12.5. The highest BCUT2D eigenvalue weighted by molar-refractivity contribution is 7.11. The maximum absolute atomic E-state index is 12.6. The molecule has 96 valence electrons. The minimum absolute atomic E-state index is 0.104. The molecule has 0 aromatic carbocycles. The van der Waals surface area contributed by atoms with Gasteiger partial charge in [0.1, 0.15) is 10.0 Å². The maximum atomic E-state index is 12.6. The average Bonchev–Trinajstić information content (AvgIpc) is 2.76. The quantitative estimate of drug-likeness (QED) is 0.894. The van der Waals surface area contributed by atoms with Crippen molar-refractivity contribution in [2.45, 2.75) is 44.3 Å². The lowest BCUT2D eigenvalue weighted by atomic mass is 9.81. The van der Waals surface area contributed by atoms with E-state index in [1.165, 1.54) is 11.3 Å². The summed E-state index contributed by atoms with van der Waals surface area (Å²) >= 11 is 1.34. The Morgan fingerprint density at radius 3 is 2.65 bits per heavy atom. The molecule has 2 atom stereocenters. The second-order valence-corrected chi connectivity index (χ2v) is 5.43. The predicted molar refractivity (Wildman–Crippen MR) is 58.6 cm³/mol. The Hall–Kier alpha value is -0.690. The van der Waals surface area contributed by atoms with Gasteiger partial charge in [0, 0.05) is 12.5 Å². The molecule has 0 amide bonds. The molecule has 2 rings (SSSR count). The normalized spacial score (nSPS) is 26.1. The van der Waals surface area contributed by atoms with Crippen molar-refractivity contribution in [1.29, 1.82) is 0 Å². The number of alkyl halides is 3. The Labute approximate surface area is 101 Å². The first-order valence-corrected chi connectivity index (χ1v) is 6.41. The van der Waals surface area contributed by atoms with Crippen molar-refractivity contribution in [3.63, 3.8) is 0 Å². The van der Waals surface area contributed by atoms with E-state index in [1.54, 1.807) is 0 Å². The third-order valence-corrected chi connectivity index (χ3v) is 4.25. The lowest BCUT2D eigenvalue weighted by Gasteiger charge is -2.29. The number of hydrogen-bond donors (Lipinski definition) is 1. The molecule has 2 unspecified atom stereocenters. The van der Waals surface area contributed by atoms with Crippen LogP contribution in [0.3, 0.4) is 0 Å². The molecular weight excluding hydrogens is 251 g/mol. The van der Waals surface area contributed by atoms with Gasteiger partial charge in [0.2, 0.25) is 0 Å². The standard InChI is InChI=1S/C10H14F3N3S/c11-10(12,13)7-3-1-2-6(4-7)9-16-15-8(5-14)17-9/h6-7H,1-5,14H2. The van der Waals surface area contributed by atoms with Gasteiger partial charge in [-0.15, -0.1) is 10.2 Å². The van der Waals surface area contributed by atoms with Crippen LogP contribution in [0.5, 0.6) is 0 Å². The number of halogens is 3. The smallest absolute Gasteiger partial charge is 0.324 e. The third-order valence-electron chi connectivity index (χ3n) is 3.14. The molecule has 1 heterocycles. The second kappa shape index (κ2) is 4.89. The van der Waals surface area contributed by atoms with E-state index in [1.807, 2.05) is 0 Å². The van der Waals surface area contributed by atoms with Crippen molar-refractivity contribution >= 4 is 11.3 Å². The van der Waals surface area contributed by atoms with Crippen molar-refractivity contribution in [3.05, 3.63) is 10.0 Å². The Kier molecular flexibility index (Phi) is 3.67. The van der Waals surface area contributed by atoms with E-state index in [4.69, 9.17) is 5.73 Å². The van der Waals surface area contributed by atoms with Crippen LogP contribution in [0.25, 0.3) is 0 Å². The first kappa shape index (κ1) is 12.8. The van der Waals surface area contributed by atoms with E-state index in [0.717, 1.165) is 6.42 Å². The molecule has 1 fully saturated rings. The van der Waals surface area contributed by atoms with Gasteiger partial charge in [0.15, 0.2) is 0 Å². The summed E-state index contributed by atoms with van der Waals surface area (Å²) < 4.78 is 37.9. The van der Waals surface area contributed by atoms with Crippen LogP contribution in [0.4, 0.5) is 13.2 Å². The Balaban J connectivity index is 2.06. The SMILES string of the molecule is NCc1nnc(C2CCCC(C(F)(F)F)C2)s1. The molecule has 1 aliphatic carbocycles. The topological polar surface area (TPSA) is 51.8 Å². The molecule has 17 heavy (non-hydrogen) atoms.